The first kappa shape index (κ1) is 14.0. The standard InChI is InChI=1S/C12H22BrNO2/c1-3-6-9(4-2)14-12(15)10-7-5-8-11(13)16-10/h9-11H,3-8H2,1-2H3,(H,14,15). The van der Waals surface area contributed by atoms with Gasteiger partial charge in [0.05, 0.1) is 0 Å². The van der Waals surface area contributed by atoms with Gasteiger partial charge in [-0.3, -0.25) is 4.79 Å². The van der Waals surface area contributed by atoms with Gasteiger partial charge in [-0.15, -0.1) is 0 Å². The summed E-state index contributed by atoms with van der Waals surface area (Å²) in [6.45, 7) is 4.25. The molecule has 1 fully saturated rings. The summed E-state index contributed by atoms with van der Waals surface area (Å²) in [5, 5.41) is 3.12. The first-order valence-corrected chi connectivity index (χ1v) is 7.18. The highest BCUT2D eigenvalue weighted by molar-refractivity contribution is 9.09. The minimum absolute atomic E-state index is 0.0447. The van der Waals surface area contributed by atoms with E-state index in [0.717, 1.165) is 38.5 Å². The van der Waals surface area contributed by atoms with Crippen molar-refractivity contribution in [2.45, 2.75) is 69.5 Å². The van der Waals surface area contributed by atoms with Crippen LogP contribution in [0, 0.1) is 0 Å². The molecule has 0 bridgehead atoms. The van der Waals surface area contributed by atoms with Crippen LogP contribution in [0.1, 0.15) is 52.4 Å². The normalized spacial score (nSPS) is 27.4. The first-order valence-electron chi connectivity index (χ1n) is 6.27. The second kappa shape index (κ2) is 7.28. The van der Waals surface area contributed by atoms with Crippen molar-refractivity contribution in [2.24, 2.45) is 0 Å². The number of nitrogens with one attached hydrogen (secondary N) is 1. The second-order valence-corrected chi connectivity index (χ2v) is 5.39. The molecular formula is C12H22BrNO2. The SMILES string of the molecule is CCCC(CC)NC(=O)C1CCCC(Br)O1. The Labute approximate surface area is 106 Å². The van der Waals surface area contributed by atoms with Crippen molar-refractivity contribution in [1.29, 1.82) is 0 Å². The number of carbonyl (C=O) groups excluding carboxylic acids is 1. The molecule has 3 unspecified atom stereocenters. The number of rotatable bonds is 5. The van der Waals surface area contributed by atoms with Crippen LogP contribution in [0.15, 0.2) is 0 Å². The number of hydrogen-bond donors (Lipinski definition) is 1. The maximum Gasteiger partial charge on any atom is 0.249 e. The van der Waals surface area contributed by atoms with Crippen LogP contribution in [0.3, 0.4) is 0 Å². The van der Waals surface area contributed by atoms with Gasteiger partial charge in [0.1, 0.15) is 11.1 Å². The highest BCUT2D eigenvalue weighted by Crippen LogP contribution is 2.23. The van der Waals surface area contributed by atoms with Crippen LogP contribution in [0.2, 0.25) is 0 Å². The maximum atomic E-state index is 11.9. The predicted molar refractivity (Wildman–Crippen MR) is 68.6 cm³/mol. The molecule has 4 heteroatoms. The Morgan fingerprint density at radius 2 is 2.25 bits per heavy atom. The zero-order chi connectivity index (χ0) is 12.0. The van der Waals surface area contributed by atoms with E-state index < -0.39 is 0 Å². The number of hydrogen-bond acceptors (Lipinski definition) is 2. The molecule has 0 saturated carbocycles. The fourth-order valence-corrected chi connectivity index (χ4v) is 2.58. The molecule has 1 amide bonds. The Balaban J connectivity index is 2.37. The van der Waals surface area contributed by atoms with Gasteiger partial charge in [-0.25, -0.2) is 0 Å². The predicted octanol–water partition coefficient (Wildman–Crippen LogP) is 2.97. The molecule has 1 N–H and O–H groups in total. The first-order chi connectivity index (χ1) is 7.67. The van der Waals surface area contributed by atoms with Crippen molar-refractivity contribution in [1.82, 2.24) is 5.32 Å². The summed E-state index contributed by atoms with van der Waals surface area (Å²) in [5.41, 5.74) is 0. The molecule has 3 atom stereocenters. The summed E-state index contributed by atoms with van der Waals surface area (Å²) in [4.78, 5) is 11.9. The third kappa shape index (κ3) is 4.42. The van der Waals surface area contributed by atoms with E-state index in [0.29, 0.717) is 6.04 Å². The van der Waals surface area contributed by atoms with E-state index in [2.05, 4.69) is 35.1 Å². The lowest BCUT2D eigenvalue weighted by molar-refractivity contribution is -0.137. The molecule has 0 aromatic rings. The van der Waals surface area contributed by atoms with Crippen LogP contribution in [-0.2, 0) is 9.53 Å². The van der Waals surface area contributed by atoms with Gasteiger partial charge in [0, 0.05) is 6.04 Å². The third-order valence-corrected chi connectivity index (χ3v) is 3.65. The van der Waals surface area contributed by atoms with Crippen LogP contribution in [0.4, 0.5) is 0 Å². The summed E-state index contributed by atoms with van der Waals surface area (Å²) in [7, 11) is 0. The second-order valence-electron chi connectivity index (χ2n) is 4.37. The Kier molecular flexibility index (Phi) is 6.36. The van der Waals surface area contributed by atoms with E-state index in [-0.39, 0.29) is 17.0 Å². The molecular weight excluding hydrogens is 270 g/mol. The molecule has 94 valence electrons. The molecule has 0 spiro atoms. The summed E-state index contributed by atoms with van der Waals surface area (Å²) < 4.78 is 5.58. The zero-order valence-electron chi connectivity index (χ0n) is 10.2. The molecule has 1 heterocycles. The molecule has 1 aliphatic rings. The number of carbonyl (C=O) groups is 1. The molecule has 16 heavy (non-hydrogen) atoms. The lowest BCUT2D eigenvalue weighted by Gasteiger charge is -2.27. The van der Waals surface area contributed by atoms with Gasteiger partial charge < -0.3 is 10.1 Å². The van der Waals surface area contributed by atoms with Crippen molar-refractivity contribution in [3.05, 3.63) is 0 Å². The van der Waals surface area contributed by atoms with Gasteiger partial charge >= 0.3 is 0 Å². The smallest absolute Gasteiger partial charge is 0.249 e. The van der Waals surface area contributed by atoms with Gasteiger partial charge in [0.2, 0.25) is 5.91 Å². The van der Waals surface area contributed by atoms with Gasteiger partial charge in [-0.2, -0.15) is 0 Å². The molecule has 0 aliphatic carbocycles. The number of ether oxygens (including phenoxy) is 1. The zero-order valence-corrected chi connectivity index (χ0v) is 11.8. The van der Waals surface area contributed by atoms with Crippen molar-refractivity contribution in [3.63, 3.8) is 0 Å². The van der Waals surface area contributed by atoms with Crippen molar-refractivity contribution in [2.75, 3.05) is 0 Å². The van der Waals surface area contributed by atoms with Crippen LogP contribution in [0.5, 0.6) is 0 Å². The maximum absolute atomic E-state index is 11.9. The van der Waals surface area contributed by atoms with Crippen LogP contribution in [-0.4, -0.2) is 23.1 Å². The lowest BCUT2D eigenvalue weighted by atomic mass is 10.1. The molecule has 1 aliphatic heterocycles. The lowest BCUT2D eigenvalue weighted by Crippen LogP contribution is -2.44. The Morgan fingerprint density at radius 1 is 1.50 bits per heavy atom. The van der Waals surface area contributed by atoms with Crippen molar-refractivity contribution < 1.29 is 9.53 Å². The molecule has 0 aromatic carbocycles. The monoisotopic (exact) mass is 291 g/mol. The highest BCUT2D eigenvalue weighted by Gasteiger charge is 2.27. The Bertz CT molecular complexity index is 223. The Hall–Kier alpha value is -0.0900. The molecule has 0 aromatic heterocycles. The third-order valence-electron chi connectivity index (χ3n) is 2.98. The topological polar surface area (TPSA) is 38.3 Å². The molecule has 1 saturated heterocycles. The number of alkyl halides is 1. The van der Waals surface area contributed by atoms with Crippen LogP contribution in [0.25, 0.3) is 0 Å². The van der Waals surface area contributed by atoms with Crippen LogP contribution < -0.4 is 5.32 Å². The Morgan fingerprint density at radius 3 is 2.81 bits per heavy atom. The summed E-state index contributed by atoms with van der Waals surface area (Å²) >= 11 is 3.41. The molecule has 0 radical (unpaired) electrons. The largest absolute Gasteiger partial charge is 0.354 e. The number of amides is 1. The molecule has 3 nitrogen and oxygen atoms in total. The van der Waals surface area contributed by atoms with E-state index in [9.17, 15) is 4.79 Å². The molecule has 1 rings (SSSR count). The summed E-state index contributed by atoms with van der Waals surface area (Å²) in [6.07, 6.45) is 5.77. The quantitative estimate of drug-likeness (QED) is 0.791. The van der Waals surface area contributed by atoms with E-state index in [1.807, 2.05) is 0 Å². The van der Waals surface area contributed by atoms with E-state index >= 15 is 0 Å². The minimum Gasteiger partial charge on any atom is -0.354 e. The average Bonchev–Trinajstić information content (AvgIpc) is 2.28. The average molecular weight is 292 g/mol. The summed E-state index contributed by atoms with van der Waals surface area (Å²) in [6, 6.07) is 0.303. The fourth-order valence-electron chi connectivity index (χ4n) is 1.99. The van der Waals surface area contributed by atoms with Gasteiger partial charge in [0.15, 0.2) is 0 Å². The summed E-state index contributed by atoms with van der Waals surface area (Å²) in [5.74, 6) is 0.0597. The van der Waals surface area contributed by atoms with E-state index in [1.165, 1.54) is 0 Å². The van der Waals surface area contributed by atoms with Crippen molar-refractivity contribution in [3.8, 4) is 0 Å². The highest BCUT2D eigenvalue weighted by atomic mass is 79.9. The van der Waals surface area contributed by atoms with Crippen molar-refractivity contribution >= 4 is 21.8 Å². The minimum atomic E-state index is -0.260. The van der Waals surface area contributed by atoms with Gasteiger partial charge in [0.25, 0.3) is 0 Å². The van der Waals surface area contributed by atoms with Gasteiger partial charge in [-0.05, 0) is 32.1 Å². The van der Waals surface area contributed by atoms with E-state index in [1.54, 1.807) is 0 Å². The van der Waals surface area contributed by atoms with E-state index in [4.69, 9.17) is 4.74 Å². The number of halogens is 1. The van der Waals surface area contributed by atoms with Gasteiger partial charge in [-0.1, -0.05) is 36.2 Å². The fraction of sp³-hybridized carbons (Fsp3) is 0.917. The van der Waals surface area contributed by atoms with Crippen LogP contribution >= 0.6 is 15.9 Å².